The molecule has 4 aromatic heterocycles. The van der Waals surface area contributed by atoms with E-state index in [1.165, 1.54) is 6.07 Å². The molecule has 4 heterocycles. The highest BCUT2D eigenvalue weighted by molar-refractivity contribution is 5.91. The highest BCUT2D eigenvalue weighted by atomic mass is 16.5. The second-order valence-electron chi connectivity index (χ2n) is 5.89. The van der Waals surface area contributed by atoms with Gasteiger partial charge in [-0.05, 0) is 39.0 Å². The number of carboxylic acids is 1. The first-order valence-corrected chi connectivity index (χ1v) is 7.70. The van der Waals surface area contributed by atoms with Gasteiger partial charge in [0.15, 0.2) is 0 Å². The number of hydrogen-bond acceptors (Lipinski definition) is 5. The molecule has 0 unspecified atom stereocenters. The lowest BCUT2D eigenvalue weighted by Gasteiger charge is -2.01. The molecule has 4 aromatic rings. The van der Waals surface area contributed by atoms with Gasteiger partial charge in [0.1, 0.15) is 22.8 Å². The maximum atomic E-state index is 11.2. The molecule has 0 amide bonds. The number of rotatable bonds is 3. The lowest BCUT2D eigenvalue weighted by Crippen LogP contribution is -1.94. The average Bonchev–Trinajstić information content (AvgIpc) is 3.24. The van der Waals surface area contributed by atoms with Crippen LogP contribution in [0.15, 0.2) is 39.5 Å². The zero-order chi connectivity index (χ0) is 17.7. The van der Waals surface area contributed by atoms with Crippen LogP contribution < -0.4 is 0 Å². The normalized spacial score (nSPS) is 11.3. The summed E-state index contributed by atoms with van der Waals surface area (Å²) >= 11 is 0. The first-order valence-electron chi connectivity index (χ1n) is 7.70. The summed E-state index contributed by atoms with van der Waals surface area (Å²) in [6, 6.07) is 5.29. The molecule has 4 rings (SSSR count). The summed E-state index contributed by atoms with van der Waals surface area (Å²) in [6.45, 7) is 5.38. The Morgan fingerprint density at radius 2 is 2.00 bits per heavy atom. The molecule has 0 radical (unpaired) electrons. The minimum absolute atomic E-state index is 0.161. The number of aryl methyl sites for hydroxylation is 3. The second-order valence-corrected chi connectivity index (χ2v) is 5.89. The van der Waals surface area contributed by atoms with Crippen molar-refractivity contribution in [1.29, 1.82) is 0 Å². The van der Waals surface area contributed by atoms with E-state index < -0.39 is 5.97 Å². The summed E-state index contributed by atoms with van der Waals surface area (Å²) in [5.41, 5.74) is 4.40. The Hall–Kier alpha value is -3.35. The van der Waals surface area contributed by atoms with Gasteiger partial charge in [-0.25, -0.2) is 9.31 Å². The van der Waals surface area contributed by atoms with Crippen molar-refractivity contribution in [3.63, 3.8) is 0 Å². The molecule has 0 aliphatic carbocycles. The monoisotopic (exact) mass is 337 g/mol. The molecule has 0 saturated carbocycles. The maximum absolute atomic E-state index is 11.2. The van der Waals surface area contributed by atoms with Gasteiger partial charge >= 0.3 is 5.97 Å². The molecule has 7 heteroatoms. The fraction of sp³-hybridized carbons (Fsp3) is 0.167. The van der Waals surface area contributed by atoms with E-state index in [1.54, 1.807) is 17.6 Å². The van der Waals surface area contributed by atoms with Gasteiger partial charge in [0.2, 0.25) is 0 Å². The Morgan fingerprint density at radius 1 is 1.20 bits per heavy atom. The first kappa shape index (κ1) is 15.2. The van der Waals surface area contributed by atoms with E-state index in [0.29, 0.717) is 11.5 Å². The third kappa shape index (κ3) is 2.32. The Bertz CT molecular complexity index is 1100. The van der Waals surface area contributed by atoms with Crippen molar-refractivity contribution in [1.82, 2.24) is 14.8 Å². The van der Waals surface area contributed by atoms with Crippen LogP contribution in [0.25, 0.3) is 28.0 Å². The van der Waals surface area contributed by atoms with Crippen molar-refractivity contribution in [2.75, 3.05) is 0 Å². The molecule has 0 aliphatic heterocycles. The maximum Gasteiger partial charge on any atom is 0.339 e. The minimum atomic E-state index is -1.01. The number of carbonyl (C=O) groups is 1. The summed E-state index contributed by atoms with van der Waals surface area (Å²) in [6.07, 6.45) is 3.58. The van der Waals surface area contributed by atoms with Gasteiger partial charge in [0.25, 0.3) is 0 Å². The van der Waals surface area contributed by atoms with Gasteiger partial charge in [-0.2, -0.15) is 5.10 Å². The molecule has 0 atom stereocenters. The van der Waals surface area contributed by atoms with Crippen molar-refractivity contribution in [3.05, 3.63) is 53.4 Å². The van der Waals surface area contributed by atoms with Crippen LogP contribution in [0, 0.1) is 20.8 Å². The molecule has 0 aromatic carbocycles. The van der Waals surface area contributed by atoms with Crippen LogP contribution in [0.4, 0.5) is 0 Å². The van der Waals surface area contributed by atoms with Crippen LogP contribution in [-0.2, 0) is 0 Å². The Morgan fingerprint density at radius 3 is 2.64 bits per heavy atom. The van der Waals surface area contributed by atoms with Crippen molar-refractivity contribution >= 4 is 11.5 Å². The van der Waals surface area contributed by atoms with Crippen LogP contribution in [0.5, 0.6) is 0 Å². The Labute approximate surface area is 142 Å². The number of aromatic carboxylic acids is 1. The van der Waals surface area contributed by atoms with Crippen LogP contribution in [0.3, 0.4) is 0 Å². The predicted molar refractivity (Wildman–Crippen MR) is 89.6 cm³/mol. The van der Waals surface area contributed by atoms with Crippen LogP contribution in [-0.4, -0.2) is 25.8 Å². The van der Waals surface area contributed by atoms with Gasteiger partial charge in [-0.1, -0.05) is 5.16 Å². The van der Waals surface area contributed by atoms with E-state index >= 15 is 0 Å². The number of carboxylic acid groups (broad SMARTS) is 1. The molecule has 0 spiro atoms. The molecule has 1 N–H and O–H groups in total. The predicted octanol–water partition coefficient (Wildman–Crippen LogP) is 3.87. The largest absolute Gasteiger partial charge is 0.478 e. The highest BCUT2D eigenvalue weighted by Crippen LogP contribution is 2.33. The van der Waals surface area contributed by atoms with Gasteiger partial charge in [0, 0.05) is 17.3 Å². The zero-order valence-corrected chi connectivity index (χ0v) is 13.9. The Balaban J connectivity index is 1.90. The van der Waals surface area contributed by atoms with E-state index in [0.717, 1.165) is 33.7 Å². The molecular formula is C18H15N3O4. The standard InChI is InChI=1S/C18H15N3O4/c1-9-17(11(3)25-20-9)14-8-19-21-5-4-12(6-15(14)21)16-7-13(18(22)23)10(2)24-16/h4-8H,1-3H3,(H,22,23). The molecule has 0 fully saturated rings. The van der Waals surface area contributed by atoms with Crippen LogP contribution in [0.1, 0.15) is 27.6 Å². The van der Waals surface area contributed by atoms with E-state index in [1.807, 2.05) is 32.2 Å². The summed E-state index contributed by atoms with van der Waals surface area (Å²) < 4.78 is 12.6. The summed E-state index contributed by atoms with van der Waals surface area (Å²) in [5.74, 6) is 0.597. The fourth-order valence-electron chi connectivity index (χ4n) is 3.03. The lowest BCUT2D eigenvalue weighted by atomic mass is 10.0. The molecule has 7 nitrogen and oxygen atoms in total. The van der Waals surface area contributed by atoms with Crippen molar-refractivity contribution < 1.29 is 18.8 Å². The molecule has 0 saturated heterocycles. The van der Waals surface area contributed by atoms with Gasteiger partial charge in [-0.15, -0.1) is 0 Å². The van der Waals surface area contributed by atoms with Crippen LogP contribution >= 0.6 is 0 Å². The van der Waals surface area contributed by atoms with E-state index in [4.69, 9.17) is 8.94 Å². The quantitative estimate of drug-likeness (QED) is 0.610. The van der Waals surface area contributed by atoms with Crippen molar-refractivity contribution in [3.8, 4) is 22.5 Å². The Kier molecular flexibility index (Phi) is 3.24. The SMILES string of the molecule is Cc1noc(C)c1-c1cnn2ccc(-c3cc(C(=O)O)c(C)o3)cc12. The van der Waals surface area contributed by atoms with Gasteiger partial charge < -0.3 is 14.0 Å². The number of fused-ring (bicyclic) bond motifs is 1. The summed E-state index contributed by atoms with van der Waals surface area (Å²) in [4.78, 5) is 11.2. The minimum Gasteiger partial charge on any atom is -0.478 e. The fourth-order valence-corrected chi connectivity index (χ4v) is 3.03. The van der Waals surface area contributed by atoms with Gasteiger partial charge in [0.05, 0.1) is 23.0 Å². The van der Waals surface area contributed by atoms with E-state index in [2.05, 4.69) is 10.3 Å². The topological polar surface area (TPSA) is 93.8 Å². The molecular weight excluding hydrogens is 322 g/mol. The summed E-state index contributed by atoms with van der Waals surface area (Å²) in [7, 11) is 0. The molecule has 0 bridgehead atoms. The first-order chi connectivity index (χ1) is 12.0. The molecule has 126 valence electrons. The van der Waals surface area contributed by atoms with Gasteiger partial charge in [-0.3, -0.25) is 0 Å². The number of aromatic nitrogens is 3. The smallest absolute Gasteiger partial charge is 0.339 e. The summed E-state index contributed by atoms with van der Waals surface area (Å²) in [5, 5.41) is 17.6. The zero-order valence-electron chi connectivity index (χ0n) is 13.9. The van der Waals surface area contributed by atoms with Crippen LogP contribution in [0.2, 0.25) is 0 Å². The average molecular weight is 337 g/mol. The van der Waals surface area contributed by atoms with Crippen molar-refractivity contribution in [2.45, 2.75) is 20.8 Å². The second kappa shape index (κ2) is 5.34. The van der Waals surface area contributed by atoms with E-state index in [-0.39, 0.29) is 5.56 Å². The van der Waals surface area contributed by atoms with Crippen molar-refractivity contribution in [2.24, 2.45) is 0 Å². The number of hydrogen-bond donors (Lipinski definition) is 1. The molecule has 25 heavy (non-hydrogen) atoms. The number of furan rings is 1. The number of nitrogens with zero attached hydrogens (tertiary/aromatic N) is 3. The lowest BCUT2D eigenvalue weighted by molar-refractivity contribution is 0.0695. The third-order valence-electron chi connectivity index (χ3n) is 4.26. The number of pyridine rings is 1. The highest BCUT2D eigenvalue weighted by Gasteiger charge is 2.18. The third-order valence-corrected chi connectivity index (χ3v) is 4.26. The molecule has 0 aliphatic rings. The van der Waals surface area contributed by atoms with E-state index in [9.17, 15) is 9.90 Å².